The van der Waals surface area contributed by atoms with Crippen LogP contribution in [-0.4, -0.2) is 12.3 Å². The van der Waals surface area contributed by atoms with Gasteiger partial charge in [0.25, 0.3) is 0 Å². The van der Waals surface area contributed by atoms with Gasteiger partial charge in [-0.05, 0) is 6.92 Å². The second kappa shape index (κ2) is 7.27. The maximum atomic E-state index is 10.4. The van der Waals surface area contributed by atoms with Crippen molar-refractivity contribution in [2.45, 2.75) is 20.8 Å². The lowest BCUT2D eigenvalue weighted by Crippen LogP contribution is -2.18. The van der Waals surface area contributed by atoms with Crippen molar-refractivity contribution in [3.8, 4) is 0 Å². The summed E-state index contributed by atoms with van der Waals surface area (Å²) >= 11 is 0. The van der Waals surface area contributed by atoms with Gasteiger partial charge in [0, 0.05) is 5.92 Å². The maximum Gasteiger partial charge on any atom is 0.148 e. The summed E-state index contributed by atoms with van der Waals surface area (Å²) in [6.07, 6.45) is 0. The van der Waals surface area contributed by atoms with Gasteiger partial charge >= 0.3 is 0 Å². The molecule has 0 aliphatic rings. The van der Waals surface area contributed by atoms with E-state index in [4.69, 9.17) is 5.73 Å². The molecule has 0 unspecified atom stereocenters. The summed E-state index contributed by atoms with van der Waals surface area (Å²) in [5, 5.41) is 0. The van der Waals surface area contributed by atoms with E-state index < -0.39 is 0 Å². The molecule has 1 rings (SSSR count). The largest absolute Gasteiger partial charge is 0.324 e. The molecule has 0 aromatic heterocycles. The molecule has 2 N–H and O–H groups in total. The van der Waals surface area contributed by atoms with Crippen molar-refractivity contribution in [2.75, 3.05) is 6.54 Å². The van der Waals surface area contributed by atoms with Crippen LogP contribution in [0.2, 0.25) is 0 Å². The highest BCUT2D eigenvalue weighted by Gasteiger charge is 2.01. The molecular weight excluding hydrogens is 174 g/mol. The number of aryl methyl sites for hydroxylation is 1. The Kier molecular flexibility index (Phi) is 6.68. The molecule has 0 bridgehead atoms. The quantitative estimate of drug-likeness (QED) is 0.782. The van der Waals surface area contributed by atoms with E-state index in [0.29, 0.717) is 0 Å². The molecule has 0 atom stereocenters. The lowest BCUT2D eigenvalue weighted by atomic mass is 10.1. The molecule has 0 saturated carbocycles. The fraction of sp³-hybridized carbons (Fsp3) is 0.417. The molecule has 0 saturated heterocycles. The molecule has 1 aromatic rings. The molecule has 0 radical (unpaired) electrons. The van der Waals surface area contributed by atoms with Crippen molar-refractivity contribution in [3.63, 3.8) is 0 Å². The number of carbonyl (C=O) groups excluding carboxylic acids is 1. The van der Waals surface area contributed by atoms with Gasteiger partial charge in [-0.2, -0.15) is 0 Å². The minimum atomic E-state index is 0.102. The second-order valence-corrected chi connectivity index (χ2v) is 3.48. The fourth-order valence-corrected chi connectivity index (χ4v) is 0.770. The standard InChI is InChI=1S/C7H8.C5H11NO/c1-7-5-3-2-4-6-7;1-4(2)5(7)3-6/h2-6H,1H3;4H,3,6H2,1-2H3. The average Bonchev–Trinajstić information content (AvgIpc) is 2.18. The highest BCUT2D eigenvalue weighted by atomic mass is 16.1. The van der Waals surface area contributed by atoms with Crippen LogP contribution in [0.25, 0.3) is 0 Å². The summed E-state index contributed by atoms with van der Waals surface area (Å²) in [5.41, 5.74) is 6.35. The zero-order chi connectivity index (χ0) is 11.0. The minimum absolute atomic E-state index is 0.102. The van der Waals surface area contributed by atoms with Crippen LogP contribution in [-0.2, 0) is 4.79 Å². The lowest BCUT2D eigenvalue weighted by molar-refractivity contribution is -0.120. The first kappa shape index (κ1) is 12.8. The lowest BCUT2D eigenvalue weighted by Gasteiger charge is -1.96. The molecule has 14 heavy (non-hydrogen) atoms. The third-order valence-electron chi connectivity index (χ3n) is 1.79. The molecule has 0 heterocycles. The topological polar surface area (TPSA) is 43.1 Å². The Bertz CT molecular complexity index is 254. The molecule has 1 aromatic carbocycles. The van der Waals surface area contributed by atoms with Gasteiger partial charge in [0.1, 0.15) is 5.78 Å². The van der Waals surface area contributed by atoms with E-state index in [0.717, 1.165) is 0 Å². The van der Waals surface area contributed by atoms with E-state index in [1.54, 1.807) is 0 Å². The van der Waals surface area contributed by atoms with E-state index >= 15 is 0 Å². The van der Waals surface area contributed by atoms with Crippen LogP contribution >= 0.6 is 0 Å². The number of ketones is 1. The van der Waals surface area contributed by atoms with Crippen molar-refractivity contribution >= 4 is 5.78 Å². The van der Waals surface area contributed by atoms with E-state index in [1.807, 2.05) is 32.0 Å². The molecule has 78 valence electrons. The van der Waals surface area contributed by atoms with Crippen LogP contribution in [0.5, 0.6) is 0 Å². The zero-order valence-corrected chi connectivity index (χ0v) is 9.16. The van der Waals surface area contributed by atoms with Gasteiger partial charge in [0.2, 0.25) is 0 Å². The molecule has 0 aliphatic heterocycles. The van der Waals surface area contributed by atoms with Crippen LogP contribution in [0.15, 0.2) is 30.3 Å². The van der Waals surface area contributed by atoms with Crippen LogP contribution in [0.4, 0.5) is 0 Å². The number of rotatable bonds is 2. The summed E-state index contributed by atoms with van der Waals surface area (Å²) in [4.78, 5) is 10.4. The Hall–Kier alpha value is -1.15. The summed E-state index contributed by atoms with van der Waals surface area (Å²) in [5.74, 6) is 0.227. The predicted octanol–water partition coefficient (Wildman–Crippen LogP) is 2.17. The normalized spacial score (nSPS) is 9.21. The number of hydrogen-bond donors (Lipinski definition) is 1. The third-order valence-corrected chi connectivity index (χ3v) is 1.79. The monoisotopic (exact) mass is 193 g/mol. The first-order valence-corrected chi connectivity index (χ1v) is 4.82. The molecule has 0 fully saturated rings. The van der Waals surface area contributed by atoms with Crippen molar-refractivity contribution in [1.29, 1.82) is 0 Å². The van der Waals surface area contributed by atoms with Gasteiger partial charge in [0.05, 0.1) is 6.54 Å². The van der Waals surface area contributed by atoms with Crippen molar-refractivity contribution in [1.82, 2.24) is 0 Å². The number of nitrogens with two attached hydrogens (primary N) is 1. The van der Waals surface area contributed by atoms with Gasteiger partial charge in [-0.15, -0.1) is 0 Å². The van der Waals surface area contributed by atoms with E-state index in [-0.39, 0.29) is 18.2 Å². The molecular formula is C12H19NO. The van der Waals surface area contributed by atoms with Crippen LogP contribution < -0.4 is 5.73 Å². The van der Waals surface area contributed by atoms with Crippen LogP contribution in [0.3, 0.4) is 0 Å². The fourth-order valence-electron chi connectivity index (χ4n) is 0.770. The van der Waals surface area contributed by atoms with Crippen LogP contribution in [0.1, 0.15) is 19.4 Å². The van der Waals surface area contributed by atoms with Crippen molar-refractivity contribution < 1.29 is 4.79 Å². The first-order chi connectivity index (χ1) is 6.57. The summed E-state index contributed by atoms with van der Waals surface area (Å²) in [6.45, 7) is 5.95. The predicted molar refractivity (Wildman–Crippen MR) is 60.1 cm³/mol. The molecule has 0 aliphatic carbocycles. The Balaban J connectivity index is 0.000000241. The summed E-state index contributed by atoms with van der Waals surface area (Å²) in [6, 6.07) is 10.3. The minimum Gasteiger partial charge on any atom is -0.324 e. The summed E-state index contributed by atoms with van der Waals surface area (Å²) < 4.78 is 0. The van der Waals surface area contributed by atoms with Gasteiger partial charge in [-0.3, -0.25) is 4.79 Å². The number of hydrogen-bond acceptors (Lipinski definition) is 2. The Morgan fingerprint density at radius 3 is 1.93 bits per heavy atom. The maximum absolute atomic E-state index is 10.4. The third kappa shape index (κ3) is 6.38. The first-order valence-electron chi connectivity index (χ1n) is 4.82. The number of Topliss-reactive ketones (excluding diaryl/α,β-unsaturated/α-hetero) is 1. The van der Waals surface area contributed by atoms with E-state index in [1.165, 1.54) is 5.56 Å². The summed E-state index contributed by atoms with van der Waals surface area (Å²) in [7, 11) is 0. The van der Waals surface area contributed by atoms with E-state index in [2.05, 4.69) is 19.1 Å². The number of carbonyl (C=O) groups is 1. The van der Waals surface area contributed by atoms with Gasteiger partial charge in [-0.25, -0.2) is 0 Å². The second-order valence-electron chi connectivity index (χ2n) is 3.48. The Labute approximate surface area is 86.1 Å². The molecule has 0 spiro atoms. The van der Waals surface area contributed by atoms with Crippen molar-refractivity contribution in [3.05, 3.63) is 35.9 Å². The SMILES string of the molecule is CC(C)C(=O)CN.Cc1ccccc1. The zero-order valence-electron chi connectivity index (χ0n) is 9.16. The van der Waals surface area contributed by atoms with Gasteiger partial charge in [0.15, 0.2) is 0 Å². The van der Waals surface area contributed by atoms with Crippen molar-refractivity contribution in [2.24, 2.45) is 11.7 Å². The van der Waals surface area contributed by atoms with Gasteiger partial charge < -0.3 is 5.73 Å². The average molecular weight is 193 g/mol. The molecule has 2 nitrogen and oxygen atoms in total. The highest BCUT2D eigenvalue weighted by molar-refractivity contribution is 5.81. The smallest absolute Gasteiger partial charge is 0.148 e. The highest BCUT2D eigenvalue weighted by Crippen LogP contribution is 1.92. The Morgan fingerprint density at radius 2 is 1.79 bits per heavy atom. The molecule has 0 amide bonds. The van der Waals surface area contributed by atoms with Gasteiger partial charge in [-0.1, -0.05) is 49.7 Å². The van der Waals surface area contributed by atoms with Crippen LogP contribution in [0, 0.1) is 12.8 Å². The Morgan fingerprint density at radius 1 is 1.29 bits per heavy atom. The number of benzene rings is 1. The molecule has 2 heteroatoms. The van der Waals surface area contributed by atoms with E-state index in [9.17, 15) is 4.79 Å².